The van der Waals surface area contributed by atoms with E-state index in [1.54, 1.807) is 0 Å². The first-order valence-electron chi connectivity index (χ1n) is 5.34. The van der Waals surface area contributed by atoms with Gasteiger partial charge >= 0.3 is 0 Å². The number of alkyl halides is 2. The molecule has 0 fully saturated rings. The van der Waals surface area contributed by atoms with Crippen molar-refractivity contribution in [3.63, 3.8) is 0 Å². The summed E-state index contributed by atoms with van der Waals surface area (Å²) >= 11 is 14.7. The summed E-state index contributed by atoms with van der Waals surface area (Å²) in [6.45, 7) is 2.93. The molecule has 0 aromatic rings. The molecule has 0 N–H and O–H groups in total. The Morgan fingerprint density at radius 2 is 1.06 bits per heavy atom. The van der Waals surface area contributed by atoms with Gasteiger partial charge in [0.15, 0.2) is 0 Å². The van der Waals surface area contributed by atoms with Crippen LogP contribution in [0.5, 0.6) is 0 Å². The van der Waals surface area contributed by atoms with E-state index in [1.807, 2.05) is 23.5 Å². The monoisotopic (exact) mass is 306 g/mol. The minimum Gasteiger partial charge on any atom is -0.378 e. The largest absolute Gasteiger partial charge is 0.378 e. The number of thioether (sulfide) groups is 2. The Morgan fingerprint density at radius 1 is 0.625 bits per heavy atom. The highest BCUT2D eigenvalue weighted by Gasteiger charge is 1.92. The van der Waals surface area contributed by atoms with Crippen LogP contribution < -0.4 is 0 Å². The summed E-state index contributed by atoms with van der Waals surface area (Å²) in [7, 11) is 0. The van der Waals surface area contributed by atoms with Crippen molar-refractivity contribution in [2.45, 2.75) is 0 Å². The summed E-state index contributed by atoms with van der Waals surface area (Å²) in [5.41, 5.74) is 0. The lowest BCUT2D eigenvalue weighted by Crippen LogP contribution is -2.08. The second kappa shape index (κ2) is 16.2. The van der Waals surface area contributed by atoms with Gasteiger partial charge in [0.2, 0.25) is 0 Å². The minimum atomic E-state index is 0.682. The molecule has 0 unspecified atom stereocenters. The zero-order valence-electron chi connectivity index (χ0n) is 9.46. The Kier molecular flexibility index (Phi) is 17.4. The molecule has 2 nitrogen and oxygen atoms in total. The highest BCUT2D eigenvalue weighted by Crippen LogP contribution is 2.01. The number of rotatable bonds is 13. The van der Waals surface area contributed by atoms with Gasteiger partial charge in [-0.3, -0.25) is 0 Å². The summed E-state index contributed by atoms with van der Waals surface area (Å²) < 4.78 is 10.8. The van der Waals surface area contributed by atoms with Gasteiger partial charge in [-0.05, 0) is 0 Å². The first kappa shape index (κ1) is 17.2. The van der Waals surface area contributed by atoms with Gasteiger partial charge in [-0.2, -0.15) is 23.5 Å². The van der Waals surface area contributed by atoms with Crippen LogP contribution in [-0.2, 0) is 9.47 Å². The molecule has 6 heteroatoms. The summed E-state index contributed by atoms with van der Waals surface area (Å²) in [6.07, 6.45) is 0. The van der Waals surface area contributed by atoms with E-state index in [4.69, 9.17) is 32.7 Å². The van der Waals surface area contributed by atoms with Crippen LogP contribution in [-0.4, -0.2) is 61.2 Å². The maximum atomic E-state index is 5.54. The van der Waals surface area contributed by atoms with Crippen molar-refractivity contribution in [3.8, 4) is 0 Å². The Hall–Kier alpha value is 1.20. The summed E-state index contributed by atoms with van der Waals surface area (Å²) in [5.74, 6) is 5.45. The molecule has 0 rings (SSSR count). The second-order valence-electron chi connectivity index (χ2n) is 2.83. The third kappa shape index (κ3) is 15.2. The molecule has 0 aliphatic rings. The molecule has 0 bridgehead atoms. The van der Waals surface area contributed by atoms with Crippen molar-refractivity contribution < 1.29 is 9.47 Å². The SMILES string of the molecule is ClCCSCCOCCOCCSCCCl. The van der Waals surface area contributed by atoms with Crippen LogP contribution >= 0.6 is 46.7 Å². The van der Waals surface area contributed by atoms with Crippen LogP contribution in [0.4, 0.5) is 0 Å². The van der Waals surface area contributed by atoms with Crippen molar-refractivity contribution in [2.75, 3.05) is 61.2 Å². The molecule has 0 saturated carbocycles. The number of halogens is 2. The lowest BCUT2D eigenvalue weighted by atomic mass is 10.7. The first-order valence-corrected chi connectivity index (χ1v) is 8.72. The fraction of sp³-hybridized carbons (Fsp3) is 1.00. The van der Waals surface area contributed by atoms with Crippen LogP contribution in [0.2, 0.25) is 0 Å². The molecule has 16 heavy (non-hydrogen) atoms. The molecule has 0 aromatic carbocycles. The van der Waals surface area contributed by atoms with E-state index >= 15 is 0 Å². The Labute approximate surface area is 117 Å². The minimum absolute atomic E-state index is 0.682. The van der Waals surface area contributed by atoms with E-state index in [-0.39, 0.29) is 0 Å². The molecule has 0 atom stereocenters. The first-order chi connectivity index (χ1) is 7.91. The lowest BCUT2D eigenvalue weighted by Gasteiger charge is -2.05. The number of hydrogen-bond donors (Lipinski definition) is 0. The zero-order valence-corrected chi connectivity index (χ0v) is 12.6. The van der Waals surface area contributed by atoms with E-state index in [2.05, 4.69) is 0 Å². The lowest BCUT2D eigenvalue weighted by molar-refractivity contribution is 0.0605. The van der Waals surface area contributed by atoms with E-state index in [1.165, 1.54) is 0 Å². The summed E-state index contributed by atoms with van der Waals surface area (Å²) in [6, 6.07) is 0. The van der Waals surface area contributed by atoms with Gasteiger partial charge in [-0.25, -0.2) is 0 Å². The predicted molar refractivity (Wildman–Crippen MR) is 77.7 cm³/mol. The maximum absolute atomic E-state index is 5.54. The van der Waals surface area contributed by atoms with E-state index in [0.717, 1.165) is 36.2 Å². The molecule has 0 aliphatic carbocycles. The van der Waals surface area contributed by atoms with E-state index in [0.29, 0.717) is 25.0 Å². The van der Waals surface area contributed by atoms with Crippen LogP contribution in [0.15, 0.2) is 0 Å². The Morgan fingerprint density at radius 3 is 1.44 bits per heavy atom. The van der Waals surface area contributed by atoms with Gasteiger partial charge in [0.25, 0.3) is 0 Å². The fourth-order valence-electron chi connectivity index (χ4n) is 0.871. The van der Waals surface area contributed by atoms with Crippen molar-refractivity contribution >= 4 is 46.7 Å². The molecule has 0 heterocycles. The molecule has 0 radical (unpaired) electrons. The standard InChI is InChI=1S/C10H20Cl2O2S2/c11-1-7-15-9-5-13-3-4-14-6-10-16-8-2-12/h1-10H2. The quantitative estimate of drug-likeness (QED) is 0.384. The average Bonchev–Trinajstić information content (AvgIpc) is 2.31. The number of ether oxygens (including phenoxy) is 2. The molecule has 0 saturated heterocycles. The van der Waals surface area contributed by atoms with Crippen LogP contribution in [0.25, 0.3) is 0 Å². The molecule has 0 spiro atoms. The highest BCUT2D eigenvalue weighted by atomic mass is 35.5. The van der Waals surface area contributed by atoms with Gasteiger partial charge in [0.1, 0.15) is 0 Å². The third-order valence-corrected chi connectivity index (χ3v) is 4.28. The van der Waals surface area contributed by atoms with Gasteiger partial charge in [0.05, 0.1) is 26.4 Å². The molecule has 0 aromatic heterocycles. The van der Waals surface area contributed by atoms with Gasteiger partial charge < -0.3 is 9.47 Å². The fourth-order valence-corrected chi connectivity index (χ4v) is 2.62. The molecule has 98 valence electrons. The predicted octanol–water partition coefficient (Wildman–Crippen LogP) is 2.96. The van der Waals surface area contributed by atoms with Crippen molar-refractivity contribution in [3.05, 3.63) is 0 Å². The normalized spacial score (nSPS) is 10.9. The smallest absolute Gasteiger partial charge is 0.0700 e. The average molecular weight is 307 g/mol. The summed E-state index contributed by atoms with van der Waals surface area (Å²) in [5, 5.41) is 0. The molecule has 0 amide bonds. The Balaban J connectivity index is 2.83. The van der Waals surface area contributed by atoms with E-state index < -0.39 is 0 Å². The van der Waals surface area contributed by atoms with E-state index in [9.17, 15) is 0 Å². The molecular formula is C10H20Cl2O2S2. The zero-order chi connectivity index (χ0) is 11.9. The highest BCUT2D eigenvalue weighted by molar-refractivity contribution is 7.99. The van der Waals surface area contributed by atoms with Crippen LogP contribution in [0.1, 0.15) is 0 Å². The molecule has 0 aliphatic heterocycles. The van der Waals surface area contributed by atoms with Crippen molar-refractivity contribution in [1.29, 1.82) is 0 Å². The third-order valence-electron chi connectivity index (χ3n) is 1.56. The van der Waals surface area contributed by atoms with Crippen molar-refractivity contribution in [2.24, 2.45) is 0 Å². The van der Waals surface area contributed by atoms with Crippen LogP contribution in [0.3, 0.4) is 0 Å². The Bertz CT molecular complexity index is 117. The van der Waals surface area contributed by atoms with Crippen molar-refractivity contribution in [1.82, 2.24) is 0 Å². The number of hydrogen-bond acceptors (Lipinski definition) is 4. The van der Waals surface area contributed by atoms with Gasteiger partial charge in [-0.1, -0.05) is 0 Å². The van der Waals surface area contributed by atoms with Crippen LogP contribution in [0, 0.1) is 0 Å². The summed E-state index contributed by atoms with van der Waals surface area (Å²) in [4.78, 5) is 0. The van der Waals surface area contributed by atoms with Gasteiger partial charge in [0, 0.05) is 34.8 Å². The topological polar surface area (TPSA) is 18.5 Å². The molecular weight excluding hydrogens is 287 g/mol. The van der Waals surface area contributed by atoms with Gasteiger partial charge in [-0.15, -0.1) is 23.2 Å². The second-order valence-corrected chi connectivity index (χ2v) is 6.03. The maximum Gasteiger partial charge on any atom is 0.0700 e.